The Morgan fingerprint density at radius 1 is 1.00 bits per heavy atom. The summed E-state index contributed by atoms with van der Waals surface area (Å²) in [6.07, 6.45) is 5.39. The number of benzene rings is 2. The summed E-state index contributed by atoms with van der Waals surface area (Å²) in [7, 11) is 2.77. The topological polar surface area (TPSA) is 64.6 Å². The number of rotatable bonds is 3. The van der Waals surface area contributed by atoms with Crippen molar-refractivity contribution in [2.75, 3.05) is 19.5 Å². The van der Waals surface area contributed by atoms with Crippen molar-refractivity contribution in [3.63, 3.8) is 0 Å². The lowest BCUT2D eigenvalue weighted by atomic mass is 9.76. The van der Waals surface area contributed by atoms with E-state index in [4.69, 9.17) is 9.47 Å². The molecule has 3 atom stereocenters. The molecule has 0 bridgehead atoms. The average molecular weight is 363 g/mol. The highest BCUT2D eigenvalue weighted by Gasteiger charge is 2.39. The average Bonchev–Trinajstić information content (AvgIpc) is 3.22. The number of para-hydroxylation sites is 1. The second-order valence-electron chi connectivity index (χ2n) is 6.85. The van der Waals surface area contributed by atoms with Crippen molar-refractivity contribution in [1.29, 1.82) is 0 Å². The third kappa shape index (κ3) is 2.89. The number of hydrogen-bond donors (Lipinski definition) is 1. The van der Waals surface area contributed by atoms with E-state index in [9.17, 15) is 9.59 Å². The van der Waals surface area contributed by atoms with E-state index >= 15 is 0 Å². The summed E-state index contributed by atoms with van der Waals surface area (Å²) < 4.78 is 9.74. The molecule has 0 aromatic heterocycles. The van der Waals surface area contributed by atoms with E-state index in [-0.39, 0.29) is 23.9 Å². The van der Waals surface area contributed by atoms with Crippen molar-refractivity contribution in [3.05, 3.63) is 76.9 Å². The number of ether oxygens (including phenoxy) is 2. The van der Waals surface area contributed by atoms with Crippen LogP contribution in [0.2, 0.25) is 0 Å². The van der Waals surface area contributed by atoms with Crippen LogP contribution in [0.4, 0.5) is 5.69 Å². The number of esters is 2. The molecule has 0 amide bonds. The standard InChI is InChI=1S/C22H21NO4/c1-26-21(24)14-11-9-13(10-12-14)19-16-6-3-5-15(16)17-7-4-8-18(20(17)23-19)22(25)27-2/h3-5,7-12,15-16,19,23H,6H2,1-2H3/t15-,16-,19+/m0/s1. The predicted octanol–water partition coefficient (Wildman–Crippen LogP) is 4.09. The van der Waals surface area contributed by atoms with Crippen LogP contribution < -0.4 is 5.32 Å². The van der Waals surface area contributed by atoms with E-state index in [1.165, 1.54) is 14.2 Å². The van der Waals surface area contributed by atoms with Gasteiger partial charge in [0, 0.05) is 5.92 Å². The second-order valence-corrected chi connectivity index (χ2v) is 6.85. The number of methoxy groups -OCH3 is 2. The van der Waals surface area contributed by atoms with Gasteiger partial charge in [0.15, 0.2) is 0 Å². The SMILES string of the molecule is COC(=O)c1ccc([C@H]2Nc3c(C(=O)OC)cccc3[C@H]3C=CC[C@@H]32)cc1. The van der Waals surface area contributed by atoms with Gasteiger partial charge in [-0.05, 0) is 41.7 Å². The molecule has 0 saturated carbocycles. The molecule has 27 heavy (non-hydrogen) atoms. The summed E-state index contributed by atoms with van der Waals surface area (Å²) in [5, 5.41) is 3.57. The summed E-state index contributed by atoms with van der Waals surface area (Å²) in [5.41, 5.74) is 4.10. The van der Waals surface area contributed by atoms with Gasteiger partial charge < -0.3 is 14.8 Å². The number of nitrogens with one attached hydrogen (secondary N) is 1. The van der Waals surface area contributed by atoms with Gasteiger partial charge in [-0.25, -0.2) is 9.59 Å². The van der Waals surface area contributed by atoms with Crippen molar-refractivity contribution >= 4 is 17.6 Å². The maximum absolute atomic E-state index is 12.2. The molecular formula is C22H21NO4. The van der Waals surface area contributed by atoms with Crippen LogP contribution in [0.1, 0.15) is 50.2 Å². The van der Waals surface area contributed by atoms with Crippen molar-refractivity contribution < 1.29 is 19.1 Å². The number of fused-ring (bicyclic) bond motifs is 3. The third-order valence-electron chi connectivity index (χ3n) is 5.49. The van der Waals surface area contributed by atoms with Crippen LogP contribution in [0.3, 0.4) is 0 Å². The number of carbonyl (C=O) groups excluding carboxylic acids is 2. The van der Waals surface area contributed by atoms with Crippen LogP contribution in [0.15, 0.2) is 54.6 Å². The smallest absolute Gasteiger partial charge is 0.339 e. The molecular weight excluding hydrogens is 342 g/mol. The van der Waals surface area contributed by atoms with Crippen molar-refractivity contribution in [2.24, 2.45) is 5.92 Å². The summed E-state index contributed by atoms with van der Waals surface area (Å²) in [6, 6.07) is 13.3. The highest BCUT2D eigenvalue weighted by molar-refractivity contribution is 5.97. The lowest BCUT2D eigenvalue weighted by Gasteiger charge is -2.38. The van der Waals surface area contributed by atoms with Gasteiger partial charge in [-0.2, -0.15) is 0 Å². The van der Waals surface area contributed by atoms with Gasteiger partial charge in [-0.3, -0.25) is 0 Å². The lowest BCUT2D eigenvalue weighted by Crippen LogP contribution is -2.30. The Morgan fingerprint density at radius 2 is 1.74 bits per heavy atom. The minimum atomic E-state index is -0.350. The molecule has 2 aliphatic rings. The fourth-order valence-electron chi connectivity index (χ4n) is 4.18. The van der Waals surface area contributed by atoms with Crippen molar-refractivity contribution in [1.82, 2.24) is 0 Å². The Bertz CT molecular complexity index is 916. The summed E-state index contributed by atoms with van der Waals surface area (Å²) in [4.78, 5) is 23.9. The predicted molar refractivity (Wildman–Crippen MR) is 102 cm³/mol. The van der Waals surface area contributed by atoms with Crippen LogP contribution in [-0.2, 0) is 9.47 Å². The maximum Gasteiger partial charge on any atom is 0.339 e. The van der Waals surface area contributed by atoms with Crippen LogP contribution in [0.5, 0.6) is 0 Å². The Morgan fingerprint density at radius 3 is 2.44 bits per heavy atom. The fraction of sp³-hybridized carbons (Fsp3) is 0.273. The normalized spacial score (nSPS) is 22.4. The Balaban J connectivity index is 1.74. The fourth-order valence-corrected chi connectivity index (χ4v) is 4.18. The monoisotopic (exact) mass is 363 g/mol. The Labute approximate surface area is 158 Å². The summed E-state index contributed by atoms with van der Waals surface area (Å²) in [5.74, 6) is -0.0954. The highest BCUT2D eigenvalue weighted by atomic mass is 16.5. The van der Waals surface area contributed by atoms with Gasteiger partial charge in [0.25, 0.3) is 0 Å². The molecule has 0 spiro atoms. The van der Waals surface area contributed by atoms with Gasteiger partial charge in [0.1, 0.15) is 0 Å². The van der Waals surface area contributed by atoms with Gasteiger partial charge in [0.2, 0.25) is 0 Å². The van der Waals surface area contributed by atoms with Crippen LogP contribution in [-0.4, -0.2) is 26.2 Å². The van der Waals surface area contributed by atoms with E-state index < -0.39 is 0 Å². The molecule has 0 radical (unpaired) electrons. The first-order valence-electron chi connectivity index (χ1n) is 8.96. The van der Waals surface area contributed by atoms with Crippen LogP contribution in [0, 0.1) is 5.92 Å². The van der Waals surface area contributed by atoms with Gasteiger partial charge in [-0.1, -0.05) is 36.4 Å². The molecule has 2 aromatic carbocycles. The molecule has 2 aromatic rings. The van der Waals surface area contributed by atoms with Crippen LogP contribution >= 0.6 is 0 Å². The van der Waals surface area contributed by atoms with E-state index in [0.29, 0.717) is 17.0 Å². The number of hydrogen-bond acceptors (Lipinski definition) is 5. The van der Waals surface area contributed by atoms with Gasteiger partial charge in [-0.15, -0.1) is 0 Å². The zero-order valence-electron chi connectivity index (χ0n) is 15.3. The second kappa shape index (κ2) is 6.91. The highest BCUT2D eigenvalue weighted by Crippen LogP contribution is 2.50. The number of allylic oxidation sites excluding steroid dienone is 2. The maximum atomic E-state index is 12.2. The lowest BCUT2D eigenvalue weighted by molar-refractivity contribution is 0.0592. The minimum Gasteiger partial charge on any atom is -0.465 e. The van der Waals surface area contributed by atoms with E-state index in [1.54, 1.807) is 18.2 Å². The molecule has 1 N–H and O–H groups in total. The first-order valence-corrected chi connectivity index (χ1v) is 8.96. The molecule has 1 aliphatic carbocycles. The first-order chi connectivity index (χ1) is 13.1. The van der Waals surface area contributed by atoms with E-state index in [0.717, 1.165) is 23.2 Å². The number of anilines is 1. The van der Waals surface area contributed by atoms with E-state index in [2.05, 4.69) is 23.5 Å². The quantitative estimate of drug-likeness (QED) is 0.657. The van der Waals surface area contributed by atoms with Crippen LogP contribution in [0.25, 0.3) is 0 Å². The van der Waals surface area contributed by atoms with Crippen molar-refractivity contribution in [2.45, 2.75) is 18.4 Å². The molecule has 0 saturated heterocycles. The van der Waals surface area contributed by atoms with E-state index in [1.807, 2.05) is 18.2 Å². The minimum absolute atomic E-state index is 0.0370. The van der Waals surface area contributed by atoms with Gasteiger partial charge >= 0.3 is 11.9 Å². The molecule has 5 nitrogen and oxygen atoms in total. The molecule has 138 valence electrons. The molecule has 4 rings (SSSR count). The zero-order valence-corrected chi connectivity index (χ0v) is 15.3. The molecule has 5 heteroatoms. The Hall–Kier alpha value is -3.08. The van der Waals surface area contributed by atoms with Crippen molar-refractivity contribution in [3.8, 4) is 0 Å². The summed E-state index contributed by atoms with van der Waals surface area (Å²) in [6.45, 7) is 0. The molecule has 1 heterocycles. The zero-order chi connectivity index (χ0) is 19.0. The Kier molecular flexibility index (Phi) is 4.44. The summed E-state index contributed by atoms with van der Waals surface area (Å²) >= 11 is 0. The molecule has 1 aliphatic heterocycles. The van der Waals surface area contributed by atoms with Gasteiger partial charge in [0.05, 0.1) is 37.1 Å². The first kappa shape index (κ1) is 17.3. The molecule has 0 unspecified atom stereocenters. The number of carbonyl (C=O) groups is 2. The third-order valence-corrected chi connectivity index (χ3v) is 5.49. The molecule has 0 fully saturated rings. The largest absolute Gasteiger partial charge is 0.465 e.